The van der Waals surface area contributed by atoms with E-state index in [-0.39, 0.29) is 11.3 Å². The van der Waals surface area contributed by atoms with Gasteiger partial charge in [-0.3, -0.25) is 4.79 Å². The maximum atomic E-state index is 12.3. The highest BCUT2D eigenvalue weighted by atomic mass is 35.5. The summed E-state index contributed by atoms with van der Waals surface area (Å²) in [5.41, 5.74) is 2.99. The van der Waals surface area contributed by atoms with Crippen LogP contribution in [0.5, 0.6) is 11.5 Å². The van der Waals surface area contributed by atoms with Gasteiger partial charge >= 0.3 is 0 Å². The number of hydrogen-bond donors (Lipinski definition) is 1. The molecule has 2 aromatic carbocycles. The molecule has 0 spiro atoms. The third kappa shape index (κ3) is 5.90. The van der Waals surface area contributed by atoms with Gasteiger partial charge in [0.15, 0.2) is 6.10 Å². The molecule has 0 fully saturated rings. The fourth-order valence-electron chi connectivity index (χ4n) is 2.92. The molecule has 1 atom stereocenters. The highest BCUT2D eigenvalue weighted by Gasteiger charge is 2.19. The molecular formula is C23H30ClNO3. The van der Waals surface area contributed by atoms with Crippen molar-refractivity contribution in [2.45, 2.75) is 53.1 Å². The van der Waals surface area contributed by atoms with Crippen LogP contribution in [0.15, 0.2) is 36.4 Å². The van der Waals surface area contributed by atoms with E-state index < -0.39 is 6.10 Å². The molecule has 0 aliphatic heterocycles. The van der Waals surface area contributed by atoms with Crippen LogP contribution in [-0.4, -0.2) is 25.2 Å². The second-order valence-corrected chi connectivity index (χ2v) is 8.39. The minimum atomic E-state index is -0.609. The SMILES string of the molecule is Cc1cc(O[C@H](C)C(=O)NCCOc2ccccc2C(C)(C)C)cc(C)c1Cl. The highest BCUT2D eigenvalue weighted by Crippen LogP contribution is 2.30. The average Bonchev–Trinajstić information content (AvgIpc) is 2.62. The lowest BCUT2D eigenvalue weighted by Crippen LogP contribution is -2.38. The third-order valence-corrected chi connectivity index (χ3v) is 5.04. The number of benzene rings is 2. The number of hydrogen-bond acceptors (Lipinski definition) is 3. The van der Waals surface area contributed by atoms with Crippen LogP contribution in [0.2, 0.25) is 5.02 Å². The van der Waals surface area contributed by atoms with Crippen LogP contribution in [0.4, 0.5) is 0 Å². The van der Waals surface area contributed by atoms with Gasteiger partial charge in [0.25, 0.3) is 5.91 Å². The Balaban J connectivity index is 1.85. The van der Waals surface area contributed by atoms with Gasteiger partial charge in [-0.15, -0.1) is 0 Å². The molecule has 28 heavy (non-hydrogen) atoms. The molecular weight excluding hydrogens is 374 g/mol. The maximum absolute atomic E-state index is 12.3. The van der Waals surface area contributed by atoms with Gasteiger partial charge in [-0.1, -0.05) is 50.6 Å². The Hall–Kier alpha value is -2.20. The zero-order valence-electron chi connectivity index (χ0n) is 17.6. The van der Waals surface area contributed by atoms with Crippen molar-refractivity contribution in [2.75, 3.05) is 13.2 Å². The van der Waals surface area contributed by atoms with Crippen LogP contribution in [0.25, 0.3) is 0 Å². The molecule has 0 aliphatic carbocycles. The third-order valence-electron chi connectivity index (χ3n) is 4.45. The number of halogens is 1. The van der Waals surface area contributed by atoms with E-state index in [4.69, 9.17) is 21.1 Å². The van der Waals surface area contributed by atoms with Crippen molar-refractivity contribution in [3.05, 3.63) is 58.1 Å². The lowest BCUT2D eigenvalue weighted by atomic mass is 9.86. The van der Waals surface area contributed by atoms with Gasteiger partial charge in [0.2, 0.25) is 0 Å². The predicted octanol–water partition coefficient (Wildman–Crippen LogP) is 5.22. The fraction of sp³-hybridized carbons (Fsp3) is 0.435. The molecule has 0 bridgehead atoms. The summed E-state index contributed by atoms with van der Waals surface area (Å²) in [4.78, 5) is 12.3. The summed E-state index contributed by atoms with van der Waals surface area (Å²) in [6.45, 7) is 12.8. The second kappa shape index (κ2) is 9.33. The molecule has 0 unspecified atom stereocenters. The van der Waals surface area contributed by atoms with Crippen molar-refractivity contribution in [3.8, 4) is 11.5 Å². The molecule has 5 heteroatoms. The van der Waals surface area contributed by atoms with Gasteiger partial charge in [0.1, 0.15) is 18.1 Å². The number of rotatable bonds is 7. The van der Waals surface area contributed by atoms with Crippen LogP contribution < -0.4 is 14.8 Å². The van der Waals surface area contributed by atoms with Gasteiger partial charge in [0, 0.05) is 5.02 Å². The van der Waals surface area contributed by atoms with E-state index in [0.717, 1.165) is 27.5 Å². The molecule has 0 saturated carbocycles. The van der Waals surface area contributed by atoms with Gasteiger partial charge in [0.05, 0.1) is 6.54 Å². The van der Waals surface area contributed by atoms with Crippen LogP contribution >= 0.6 is 11.6 Å². The van der Waals surface area contributed by atoms with Crippen molar-refractivity contribution in [1.29, 1.82) is 0 Å². The summed E-state index contributed by atoms with van der Waals surface area (Å²) in [6.07, 6.45) is -0.609. The highest BCUT2D eigenvalue weighted by molar-refractivity contribution is 6.32. The van der Waals surface area contributed by atoms with E-state index in [0.29, 0.717) is 18.9 Å². The monoisotopic (exact) mass is 403 g/mol. The summed E-state index contributed by atoms with van der Waals surface area (Å²) in [5, 5.41) is 3.58. The summed E-state index contributed by atoms with van der Waals surface area (Å²) < 4.78 is 11.6. The molecule has 1 amide bonds. The standard InChI is InChI=1S/C23H30ClNO3/c1-15-13-18(14-16(2)21(15)24)28-17(3)22(26)25-11-12-27-20-10-8-7-9-19(20)23(4,5)6/h7-10,13-14,17H,11-12H2,1-6H3,(H,25,26)/t17-/m1/s1. The van der Waals surface area contributed by atoms with Crippen LogP contribution in [-0.2, 0) is 10.2 Å². The molecule has 4 nitrogen and oxygen atoms in total. The Bertz CT molecular complexity index is 804. The summed E-state index contributed by atoms with van der Waals surface area (Å²) in [6, 6.07) is 11.7. The number of aryl methyl sites for hydroxylation is 2. The minimum Gasteiger partial charge on any atom is -0.491 e. The Labute approximate surface area is 173 Å². The number of amides is 1. The van der Waals surface area contributed by atoms with Crippen molar-refractivity contribution < 1.29 is 14.3 Å². The molecule has 152 valence electrons. The first-order valence-corrected chi connectivity index (χ1v) is 9.91. The lowest BCUT2D eigenvalue weighted by Gasteiger charge is -2.22. The number of ether oxygens (including phenoxy) is 2. The van der Waals surface area contributed by atoms with Crippen LogP contribution in [0, 0.1) is 13.8 Å². The normalized spacial score (nSPS) is 12.4. The fourth-order valence-corrected chi connectivity index (χ4v) is 3.03. The molecule has 0 saturated heterocycles. The second-order valence-electron chi connectivity index (χ2n) is 8.02. The topological polar surface area (TPSA) is 47.6 Å². The molecule has 0 heterocycles. The maximum Gasteiger partial charge on any atom is 0.260 e. The van der Waals surface area contributed by atoms with E-state index in [1.165, 1.54) is 0 Å². The summed E-state index contributed by atoms with van der Waals surface area (Å²) in [7, 11) is 0. The number of carbonyl (C=O) groups is 1. The number of carbonyl (C=O) groups excluding carboxylic acids is 1. The zero-order valence-corrected chi connectivity index (χ0v) is 18.3. The first kappa shape index (κ1) is 22.1. The smallest absolute Gasteiger partial charge is 0.260 e. The quantitative estimate of drug-likeness (QED) is 0.645. The van der Waals surface area contributed by atoms with E-state index in [2.05, 4.69) is 32.2 Å². The van der Waals surface area contributed by atoms with Crippen LogP contribution in [0.3, 0.4) is 0 Å². The van der Waals surface area contributed by atoms with Gasteiger partial charge in [-0.2, -0.15) is 0 Å². The Kier molecular flexibility index (Phi) is 7.36. The zero-order chi connectivity index (χ0) is 20.9. The van der Waals surface area contributed by atoms with Crippen molar-refractivity contribution in [1.82, 2.24) is 5.32 Å². The average molecular weight is 404 g/mol. The van der Waals surface area contributed by atoms with E-state index in [9.17, 15) is 4.79 Å². The van der Waals surface area contributed by atoms with E-state index in [1.807, 2.05) is 44.2 Å². The van der Waals surface area contributed by atoms with Crippen molar-refractivity contribution in [3.63, 3.8) is 0 Å². The molecule has 2 aromatic rings. The Morgan fingerprint density at radius 2 is 1.75 bits per heavy atom. The van der Waals surface area contributed by atoms with Gasteiger partial charge < -0.3 is 14.8 Å². The molecule has 2 rings (SSSR count). The minimum absolute atomic E-state index is 0.00294. The molecule has 0 radical (unpaired) electrons. The first-order valence-electron chi connectivity index (χ1n) is 9.53. The Morgan fingerprint density at radius 1 is 1.14 bits per heavy atom. The van der Waals surface area contributed by atoms with E-state index in [1.54, 1.807) is 6.92 Å². The van der Waals surface area contributed by atoms with Gasteiger partial charge in [-0.25, -0.2) is 0 Å². The molecule has 1 N–H and O–H groups in total. The summed E-state index contributed by atoms with van der Waals surface area (Å²) in [5.74, 6) is 1.30. The number of para-hydroxylation sites is 1. The first-order chi connectivity index (χ1) is 13.1. The number of nitrogens with one attached hydrogen (secondary N) is 1. The van der Waals surface area contributed by atoms with E-state index >= 15 is 0 Å². The van der Waals surface area contributed by atoms with Crippen molar-refractivity contribution in [2.24, 2.45) is 0 Å². The molecule has 0 aromatic heterocycles. The van der Waals surface area contributed by atoms with Crippen LogP contribution in [0.1, 0.15) is 44.4 Å². The Morgan fingerprint density at radius 3 is 2.36 bits per heavy atom. The predicted molar refractivity (Wildman–Crippen MR) is 115 cm³/mol. The molecule has 0 aliphatic rings. The van der Waals surface area contributed by atoms with Gasteiger partial charge in [-0.05, 0) is 61.1 Å². The largest absolute Gasteiger partial charge is 0.491 e. The van der Waals surface area contributed by atoms with Crippen molar-refractivity contribution >= 4 is 17.5 Å². The lowest BCUT2D eigenvalue weighted by molar-refractivity contribution is -0.127. The summed E-state index contributed by atoms with van der Waals surface area (Å²) >= 11 is 6.17.